The van der Waals surface area contributed by atoms with Crippen LogP contribution >= 0.6 is 15.9 Å². The first-order valence-corrected chi connectivity index (χ1v) is 5.83. The maximum Gasteiger partial charge on any atom is 0.251 e. The van der Waals surface area contributed by atoms with E-state index in [9.17, 15) is 4.79 Å². The SMILES string of the molecule is COC(C)(C)CNC(=O)c1cccc(Br)c1. The van der Waals surface area contributed by atoms with Crippen molar-refractivity contribution < 1.29 is 9.53 Å². The molecule has 4 heteroatoms. The minimum absolute atomic E-state index is 0.0913. The summed E-state index contributed by atoms with van der Waals surface area (Å²) >= 11 is 3.33. The lowest BCUT2D eigenvalue weighted by Gasteiger charge is -2.23. The van der Waals surface area contributed by atoms with Crippen LogP contribution in [0.4, 0.5) is 0 Å². The third-order valence-electron chi connectivity index (χ3n) is 2.31. The van der Waals surface area contributed by atoms with E-state index in [1.807, 2.05) is 26.0 Å². The van der Waals surface area contributed by atoms with Gasteiger partial charge in [-0.1, -0.05) is 22.0 Å². The number of rotatable bonds is 4. The molecule has 1 aromatic carbocycles. The lowest BCUT2D eigenvalue weighted by molar-refractivity contribution is 0.0229. The van der Waals surface area contributed by atoms with Gasteiger partial charge in [0, 0.05) is 23.7 Å². The number of carbonyl (C=O) groups is 1. The van der Waals surface area contributed by atoms with E-state index in [0.717, 1.165) is 4.47 Å². The Morgan fingerprint density at radius 2 is 2.19 bits per heavy atom. The number of benzene rings is 1. The van der Waals surface area contributed by atoms with Crippen LogP contribution in [0.2, 0.25) is 0 Å². The number of nitrogens with one attached hydrogen (secondary N) is 1. The Bertz CT molecular complexity index is 377. The van der Waals surface area contributed by atoms with Gasteiger partial charge in [0.25, 0.3) is 5.91 Å². The largest absolute Gasteiger partial charge is 0.377 e. The fraction of sp³-hybridized carbons (Fsp3) is 0.417. The van der Waals surface area contributed by atoms with Crippen LogP contribution in [0.3, 0.4) is 0 Å². The van der Waals surface area contributed by atoms with E-state index in [2.05, 4.69) is 21.2 Å². The van der Waals surface area contributed by atoms with E-state index < -0.39 is 0 Å². The lowest BCUT2D eigenvalue weighted by Crippen LogP contribution is -2.39. The molecular weight excluding hydrogens is 270 g/mol. The summed E-state index contributed by atoms with van der Waals surface area (Å²) in [4.78, 5) is 11.8. The van der Waals surface area contributed by atoms with Crippen molar-refractivity contribution >= 4 is 21.8 Å². The predicted molar refractivity (Wildman–Crippen MR) is 67.6 cm³/mol. The summed E-state index contributed by atoms with van der Waals surface area (Å²) in [6.07, 6.45) is 0. The number of amides is 1. The molecule has 0 saturated carbocycles. The van der Waals surface area contributed by atoms with Crippen molar-refractivity contribution in [2.24, 2.45) is 0 Å². The monoisotopic (exact) mass is 285 g/mol. The first-order chi connectivity index (χ1) is 7.44. The van der Waals surface area contributed by atoms with Gasteiger partial charge < -0.3 is 10.1 Å². The summed E-state index contributed by atoms with van der Waals surface area (Å²) in [6.45, 7) is 4.33. The van der Waals surface area contributed by atoms with E-state index in [0.29, 0.717) is 12.1 Å². The smallest absolute Gasteiger partial charge is 0.251 e. The van der Waals surface area contributed by atoms with Gasteiger partial charge in [0.05, 0.1) is 5.60 Å². The third-order valence-corrected chi connectivity index (χ3v) is 2.81. The number of ether oxygens (including phenoxy) is 1. The second-order valence-electron chi connectivity index (χ2n) is 4.16. The summed E-state index contributed by atoms with van der Waals surface area (Å²) in [5, 5.41) is 2.83. The van der Waals surface area contributed by atoms with Gasteiger partial charge in [0.1, 0.15) is 0 Å². The first-order valence-electron chi connectivity index (χ1n) is 5.03. The molecule has 16 heavy (non-hydrogen) atoms. The average Bonchev–Trinajstić information content (AvgIpc) is 2.26. The van der Waals surface area contributed by atoms with Crippen molar-refractivity contribution in [1.29, 1.82) is 0 Å². The van der Waals surface area contributed by atoms with Gasteiger partial charge in [-0.3, -0.25) is 4.79 Å². The van der Waals surface area contributed by atoms with Crippen LogP contribution in [0.15, 0.2) is 28.7 Å². The molecule has 0 saturated heterocycles. The van der Waals surface area contributed by atoms with Gasteiger partial charge in [0.2, 0.25) is 0 Å². The van der Waals surface area contributed by atoms with E-state index in [1.54, 1.807) is 19.2 Å². The minimum atomic E-state index is -0.346. The molecule has 0 radical (unpaired) electrons. The fourth-order valence-electron chi connectivity index (χ4n) is 1.10. The molecule has 0 aliphatic carbocycles. The molecule has 0 aliphatic heterocycles. The van der Waals surface area contributed by atoms with Crippen LogP contribution in [0.5, 0.6) is 0 Å². The molecule has 0 unspecified atom stereocenters. The summed E-state index contributed by atoms with van der Waals surface area (Å²) < 4.78 is 6.12. The molecule has 0 fully saturated rings. The van der Waals surface area contributed by atoms with Crippen molar-refractivity contribution in [3.8, 4) is 0 Å². The van der Waals surface area contributed by atoms with E-state index >= 15 is 0 Å². The Morgan fingerprint density at radius 1 is 1.50 bits per heavy atom. The van der Waals surface area contributed by atoms with E-state index in [-0.39, 0.29) is 11.5 Å². The van der Waals surface area contributed by atoms with Crippen LogP contribution in [-0.4, -0.2) is 25.2 Å². The standard InChI is InChI=1S/C12H16BrNO2/c1-12(2,16-3)8-14-11(15)9-5-4-6-10(13)7-9/h4-7H,8H2,1-3H3,(H,14,15). The lowest BCUT2D eigenvalue weighted by atomic mass is 10.1. The predicted octanol–water partition coefficient (Wildman–Crippen LogP) is 2.60. The van der Waals surface area contributed by atoms with E-state index in [1.165, 1.54) is 0 Å². The van der Waals surface area contributed by atoms with Gasteiger partial charge in [-0.2, -0.15) is 0 Å². The van der Waals surface area contributed by atoms with Gasteiger partial charge in [-0.25, -0.2) is 0 Å². The van der Waals surface area contributed by atoms with Crippen molar-refractivity contribution in [2.45, 2.75) is 19.4 Å². The van der Waals surface area contributed by atoms with Crippen molar-refractivity contribution in [3.63, 3.8) is 0 Å². The number of carbonyl (C=O) groups excluding carboxylic acids is 1. The molecule has 1 N–H and O–H groups in total. The van der Waals surface area contributed by atoms with Crippen LogP contribution in [0, 0.1) is 0 Å². The number of methoxy groups -OCH3 is 1. The Morgan fingerprint density at radius 3 is 2.75 bits per heavy atom. The van der Waals surface area contributed by atoms with Gasteiger partial charge in [0.15, 0.2) is 0 Å². The topological polar surface area (TPSA) is 38.3 Å². The summed E-state index contributed by atoms with van der Waals surface area (Å²) in [5.41, 5.74) is 0.295. The third kappa shape index (κ3) is 3.94. The number of hydrogen-bond acceptors (Lipinski definition) is 2. The van der Waals surface area contributed by atoms with Crippen LogP contribution in [0.25, 0.3) is 0 Å². The molecular formula is C12H16BrNO2. The first kappa shape index (κ1) is 13.2. The molecule has 3 nitrogen and oxygen atoms in total. The van der Waals surface area contributed by atoms with Crippen LogP contribution in [-0.2, 0) is 4.74 Å². The molecule has 0 aromatic heterocycles. The maximum atomic E-state index is 11.8. The Balaban J connectivity index is 2.60. The highest BCUT2D eigenvalue weighted by atomic mass is 79.9. The normalized spacial score (nSPS) is 11.2. The van der Waals surface area contributed by atoms with Gasteiger partial charge >= 0.3 is 0 Å². The number of hydrogen-bond donors (Lipinski definition) is 1. The molecule has 0 heterocycles. The Labute approximate surface area is 104 Å². The van der Waals surface area contributed by atoms with Crippen molar-refractivity contribution in [2.75, 3.05) is 13.7 Å². The highest BCUT2D eigenvalue weighted by Crippen LogP contribution is 2.12. The second kappa shape index (κ2) is 5.46. The summed E-state index contributed by atoms with van der Waals surface area (Å²) in [6, 6.07) is 7.28. The molecule has 0 atom stereocenters. The minimum Gasteiger partial charge on any atom is -0.377 e. The van der Waals surface area contributed by atoms with Gasteiger partial charge in [-0.15, -0.1) is 0 Å². The highest BCUT2D eigenvalue weighted by Gasteiger charge is 2.17. The number of halogens is 1. The molecule has 0 spiro atoms. The molecule has 1 aromatic rings. The van der Waals surface area contributed by atoms with Gasteiger partial charge in [-0.05, 0) is 32.0 Å². The Hall–Kier alpha value is -0.870. The second-order valence-corrected chi connectivity index (χ2v) is 5.07. The molecule has 88 valence electrons. The zero-order valence-corrected chi connectivity index (χ0v) is 11.3. The fourth-order valence-corrected chi connectivity index (χ4v) is 1.50. The van der Waals surface area contributed by atoms with E-state index in [4.69, 9.17) is 4.74 Å². The van der Waals surface area contributed by atoms with Crippen LogP contribution < -0.4 is 5.32 Å². The van der Waals surface area contributed by atoms with Crippen molar-refractivity contribution in [3.05, 3.63) is 34.3 Å². The quantitative estimate of drug-likeness (QED) is 0.924. The molecule has 0 aliphatic rings. The highest BCUT2D eigenvalue weighted by molar-refractivity contribution is 9.10. The average molecular weight is 286 g/mol. The maximum absolute atomic E-state index is 11.8. The molecule has 0 bridgehead atoms. The molecule has 1 amide bonds. The van der Waals surface area contributed by atoms with Crippen LogP contribution in [0.1, 0.15) is 24.2 Å². The zero-order valence-electron chi connectivity index (χ0n) is 9.71. The zero-order chi connectivity index (χ0) is 12.2. The molecule has 1 rings (SSSR count). The summed E-state index contributed by atoms with van der Waals surface area (Å²) in [5.74, 6) is -0.0913. The Kier molecular flexibility index (Phi) is 4.50. The van der Waals surface area contributed by atoms with Crippen molar-refractivity contribution in [1.82, 2.24) is 5.32 Å². The summed E-state index contributed by atoms with van der Waals surface area (Å²) in [7, 11) is 1.63.